The fourth-order valence-electron chi connectivity index (χ4n) is 1.69. The number of aliphatic imine (C=N–C) groups is 1. The van der Waals surface area contributed by atoms with Gasteiger partial charge >= 0.3 is 0 Å². The van der Waals surface area contributed by atoms with Crippen molar-refractivity contribution in [2.24, 2.45) is 4.99 Å². The van der Waals surface area contributed by atoms with Gasteiger partial charge in [-0.15, -0.1) is 0 Å². The topological polar surface area (TPSA) is 65.5 Å². The predicted octanol–water partition coefficient (Wildman–Crippen LogP) is 2.64. The molecule has 3 N–H and O–H groups in total. The molecule has 0 fully saturated rings. The number of amides is 1. The van der Waals surface area contributed by atoms with E-state index in [1.165, 1.54) is 0 Å². The molecule has 0 unspecified atom stereocenters. The van der Waals surface area contributed by atoms with Crippen LogP contribution in [0.5, 0.6) is 0 Å². The molecule has 5 nitrogen and oxygen atoms in total. The molecule has 1 amide bonds. The Balaban J connectivity index is 2.38. The van der Waals surface area contributed by atoms with Crippen molar-refractivity contribution in [3.63, 3.8) is 0 Å². The lowest BCUT2D eigenvalue weighted by Gasteiger charge is -2.12. The number of carbonyl (C=O) groups excluding carboxylic acids is 1. The van der Waals surface area contributed by atoms with Crippen LogP contribution in [0.1, 0.15) is 17.3 Å². The van der Waals surface area contributed by atoms with Crippen LogP contribution in [0, 0.1) is 0 Å². The second-order valence-electron chi connectivity index (χ2n) is 4.57. The summed E-state index contributed by atoms with van der Waals surface area (Å²) >= 11 is 13.5. The number of nitrogens with zero attached hydrogens (tertiary/aromatic N) is 1. The summed E-state index contributed by atoms with van der Waals surface area (Å²) in [4.78, 5) is 16.4. The monoisotopic (exact) mass is 376 g/mol. The summed E-state index contributed by atoms with van der Waals surface area (Å²) in [5, 5.41) is 9.96. The van der Waals surface area contributed by atoms with Crippen molar-refractivity contribution in [2.75, 3.05) is 38.2 Å². The highest BCUT2D eigenvalue weighted by molar-refractivity contribution is 7.98. The third-order valence-corrected chi connectivity index (χ3v) is 4.12. The van der Waals surface area contributed by atoms with Gasteiger partial charge in [-0.05, 0) is 31.4 Å². The summed E-state index contributed by atoms with van der Waals surface area (Å²) in [5.74, 6) is 1.55. The SMILES string of the molecule is CCNC(=NCCSC)NCCNC(=O)c1ccc(Cl)c(Cl)c1. The van der Waals surface area contributed by atoms with E-state index in [9.17, 15) is 4.79 Å². The summed E-state index contributed by atoms with van der Waals surface area (Å²) < 4.78 is 0. The maximum Gasteiger partial charge on any atom is 0.251 e. The molecule has 0 saturated heterocycles. The fraction of sp³-hybridized carbons (Fsp3) is 0.467. The zero-order valence-electron chi connectivity index (χ0n) is 13.3. The van der Waals surface area contributed by atoms with Crippen molar-refractivity contribution in [1.82, 2.24) is 16.0 Å². The van der Waals surface area contributed by atoms with Crippen LogP contribution in [0.4, 0.5) is 0 Å². The van der Waals surface area contributed by atoms with E-state index in [2.05, 4.69) is 27.2 Å². The maximum absolute atomic E-state index is 12.0. The number of rotatable bonds is 8. The average Bonchev–Trinajstić information content (AvgIpc) is 2.54. The zero-order valence-corrected chi connectivity index (χ0v) is 15.6. The van der Waals surface area contributed by atoms with E-state index in [1.807, 2.05) is 6.92 Å². The molecular weight excluding hydrogens is 355 g/mol. The van der Waals surface area contributed by atoms with Crippen molar-refractivity contribution >= 4 is 46.8 Å². The van der Waals surface area contributed by atoms with Crippen molar-refractivity contribution in [2.45, 2.75) is 6.92 Å². The first-order valence-electron chi connectivity index (χ1n) is 7.32. The number of hydrogen-bond donors (Lipinski definition) is 3. The molecule has 0 radical (unpaired) electrons. The Hall–Kier alpha value is -1.11. The molecule has 0 bridgehead atoms. The minimum Gasteiger partial charge on any atom is -0.357 e. The highest BCUT2D eigenvalue weighted by atomic mass is 35.5. The smallest absolute Gasteiger partial charge is 0.251 e. The summed E-state index contributed by atoms with van der Waals surface area (Å²) in [6.07, 6.45) is 2.05. The molecule has 23 heavy (non-hydrogen) atoms. The van der Waals surface area contributed by atoms with Gasteiger partial charge in [-0.3, -0.25) is 9.79 Å². The molecule has 128 valence electrons. The first-order valence-corrected chi connectivity index (χ1v) is 9.47. The molecule has 0 spiro atoms. The molecule has 1 rings (SSSR count). The highest BCUT2D eigenvalue weighted by Gasteiger charge is 2.07. The number of halogens is 2. The van der Waals surface area contributed by atoms with E-state index < -0.39 is 0 Å². The number of thioether (sulfide) groups is 1. The largest absolute Gasteiger partial charge is 0.357 e. The van der Waals surface area contributed by atoms with E-state index in [0.717, 1.165) is 24.8 Å². The quantitative estimate of drug-likeness (QED) is 0.370. The molecule has 1 aromatic carbocycles. The average molecular weight is 377 g/mol. The molecule has 0 aliphatic heterocycles. The minimum absolute atomic E-state index is 0.185. The molecule has 0 atom stereocenters. The van der Waals surface area contributed by atoms with Gasteiger partial charge < -0.3 is 16.0 Å². The van der Waals surface area contributed by atoms with Crippen LogP contribution in [0.15, 0.2) is 23.2 Å². The Morgan fingerprint density at radius 1 is 1.17 bits per heavy atom. The second-order valence-corrected chi connectivity index (χ2v) is 6.37. The number of guanidine groups is 1. The first kappa shape index (κ1) is 19.9. The Kier molecular flexibility index (Phi) is 9.91. The molecule has 1 aromatic rings. The lowest BCUT2D eigenvalue weighted by molar-refractivity contribution is 0.0954. The summed E-state index contributed by atoms with van der Waals surface area (Å²) in [6.45, 7) is 4.62. The van der Waals surface area contributed by atoms with Gasteiger partial charge in [0.1, 0.15) is 0 Å². The van der Waals surface area contributed by atoms with Gasteiger partial charge in [0.2, 0.25) is 0 Å². The Morgan fingerprint density at radius 3 is 2.57 bits per heavy atom. The van der Waals surface area contributed by atoms with Gasteiger partial charge in [-0.25, -0.2) is 0 Å². The predicted molar refractivity (Wildman–Crippen MR) is 101 cm³/mol. The van der Waals surface area contributed by atoms with Crippen molar-refractivity contribution in [1.29, 1.82) is 0 Å². The Bertz CT molecular complexity index is 540. The second kappa shape index (κ2) is 11.4. The van der Waals surface area contributed by atoms with Crippen molar-refractivity contribution < 1.29 is 4.79 Å². The van der Waals surface area contributed by atoms with Gasteiger partial charge in [0.25, 0.3) is 5.91 Å². The maximum atomic E-state index is 12.0. The van der Waals surface area contributed by atoms with E-state index >= 15 is 0 Å². The molecule has 0 heterocycles. The summed E-state index contributed by atoms with van der Waals surface area (Å²) in [6, 6.07) is 4.81. The van der Waals surface area contributed by atoms with Crippen molar-refractivity contribution in [3.8, 4) is 0 Å². The van der Waals surface area contributed by atoms with Crippen LogP contribution in [0.25, 0.3) is 0 Å². The van der Waals surface area contributed by atoms with Gasteiger partial charge in [0.05, 0.1) is 16.6 Å². The molecule has 0 aliphatic rings. The van der Waals surface area contributed by atoms with Crippen LogP contribution in [-0.4, -0.2) is 50.1 Å². The third kappa shape index (κ3) is 7.81. The Labute approximate surface area is 151 Å². The fourth-order valence-corrected chi connectivity index (χ4v) is 2.26. The molecule has 0 aliphatic carbocycles. The van der Waals surface area contributed by atoms with Gasteiger partial charge in [-0.1, -0.05) is 23.2 Å². The highest BCUT2D eigenvalue weighted by Crippen LogP contribution is 2.22. The summed E-state index contributed by atoms with van der Waals surface area (Å²) in [7, 11) is 0. The number of hydrogen-bond acceptors (Lipinski definition) is 3. The van der Waals surface area contributed by atoms with Gasteiger partial charge in [0.15, 0.2) is 5.96 Å². The van der Waals surface area contributed by atoms with Crippen LogP contribution in [0.3, 0.4) is 0 Å². The van der Waals surface area contributed by atoms with E-state index in [-0.39, 0.29) is 5.91 Å². The van der Waals surface area contributed by atoms with Crippen LogP contribution in [0.2, 0.25) is 10.0 Å². The van der Waals surface area contributed by atoms with Crippen LogP contribution in [-0.2, 0) is 0 Å². The van der Waals surface area contributed by atoms with E-state index in [4.69, 9.17) is 23.2 Å². The molecule has 8 heteroatoms. The van der Waals surface area contributed by atoms with E-state index in [1.54, 1.807) is 30.0 Å². The van der Waals surface area contributed by atoms with Gasteiger partial charge in [-0.2, -0.15) is 11.8 Å². The standard InChI is InChI=1S/C15H22Cl2N4OS/c1-3-18-15(21-8-9-23-2)20-7-6-19-14(22)11-4-5-12(16)13(17)10-11/h4-5,10H,3,6-9H2,1-2H3,(H,19,22)(H2,18,20,21). The normalized spacial score (nSPS) is 11.2. The van der Waals surface area contributed by atoms with Gasteiger partial charge in [0, 0.05) is 31.0 Å². The lowest BCUT2D eigenvalue weighted by Crippen LogP contribution is -2.41. The number of benzene rings is 1. The molecular formula is C15H22Cl2N4OS. The van der Waals surface area contributed by atoms with Crippen LogP contribution < -0.4 is 16.0 Å². The van der Waals surface area contributed by atoms with Crippen LogP contribution >= 0.6 is 35.0 Å². The van der Waals surface area contributed by atoms with E-state index in [0.29, 0.717) is 28.7 Å². The molecule has 0 saturated carbocycles. The molecule has 0 aromatic heterocycles. The Morgan fingerprint density at radius 2 is 1.91 bits per heavy atom. The number of nitrogens with one attached hydrogen (secondary N) is 3. The minimum atomic E-state index is -0.185. The summed E-state index contributed by atoms with van der Waals surface area (Å²) in [5.41, 5.74) is 0.486. The zero-order chi connectivity index (χ0) is 17.1. The first-order chi connectivity index (χ1) is 11.1. The third-order valence-electron chi connectivity index (χ3n) is 2.79. The lowest BCUT2D eigenvalue weighted by atomic mass is 10.2. The number of carbonyl (C=O) groups is 1. The van der Waals surface area contributed by atoms with Crippen molar-refractivity contribution in [3.05, 3.63) is 33.8 Å².